The van der Waals surface area contributed by atoms with Crippen molar-refractivity contribution in [3.63, 3.8) is 0 Å². The fourth-order valence-corrected chi connectivity index (χ4v) is 6.14. The monoisotopic (exact) mass is 595 g/mol. The highest BCUT2D eigenvalue weighted by molar-refractivity contribution is 6.35. The molecule has 0 radical (unpaired) electrons. The van der Waals surface area contributed by atoms with Crippen molar-refractivity contribution in [1.82, 2.24) is 14.9 Å². The molecule has 41 heavy (non-hydrogen) atoms. The van der Waals surface area contributed by atoms with E-state index >= 15 is 0 Å². The van der Waals surface area contributed by atoms with Crippen LogP contribution in [0.2, 0.25) is 10.0 Å². The third-order valence-corrected chi connectivity index (χ3v) is 8.27. The minimum atomic E-state index is -0.646. The number of benzene rings is 1. The second kappa shape index (κ2) is 10.7. The van der Waals surface area contributed by atoms with Gasteiger partial charge in [-0.15, -0.1) is 0 Å². The number of nitrogens with zero attached hydrogens (tertiary/aromatic N) is 5. The quantitative estimate of drug-likeness (QED) is 0.254. The van der Waals surface area contributed by atoms with Crippen LogP contribution in [0.25, 0.3) is 0 Å². The fourth-order valence-electron chi connectivity index (χ4n) is 5.47. The van der Waals surface area contributed by atoms with Crippen molar-refractivity contribution in [2.45, 2.75) is 38.0 Å². The van der Waals surface area contributed by atoms with Gasteiger partial charge >= 0.3 is 0 Å². The van der Waals surface area contributed by atoms with Crippen molar-refractivity contribution in [3.8, 4) is 17.6 Å². The van der Waals surface area contributed by atoms with Crippen LogP contribution in [0.3, 0.4) is 0 Å². The number of hydrogen-bond acceptors (Lipinski definition) is 10. The molecule has 4 N–H and O–H groups in total. The first-order chi connectivity index (χ1) is 19.4. The molecule has 0 aliphatic carbocycles. The Morgan fingerprint density at radius 1 is 1.12 bits per heavy atom. The van der Waals surface area contributed by atoms with Crippen LogP contribution in [-0.4, -0.2) is 70.1 Å². The summed E-state index contributed by atoms with van der Waals surface area (Å²) in [5.41, 5.74) is 7.73. The van der Waals surface area contributed by atoms with Crippen molar-refractivity contribution in [3.05, 3.63) is 69.1 Å². The van der Waals surface area contributed by atoms with E-state index in [0.29, 0.717) is 81.5 Å². The Morgan fingerprint density at radius 2 is 1.78 bits per heavy atom. The van der Waals surface area contributed by atoms with Crippen molar-refractivity contribution in [1.29, 1.82) is 10.7 Å². The van der Waals surface area contributed by atoms with E-state index in [4.69, 9.17) is 43.8 Å². The van der Waals surface area contributed by atoms with Crippen LogP contribution >= 0.6 is 23.2 Å². The second-order valence-corrected chi connectivity index (χ2v) is 12.0. The summed E-state index contributed by atoms with van der Waals surface area (Å²) in [4.78, 5) is 12.9. The number of nitrogens with two attached hydrogens (primary N) is 1. The van der Waals surface area contributed by atoms with Crippen LogP contribution in [0, 0.1) is 16.7 Å². The van der Waals surface area contributed by atoms with Crippen LogP contribution in [-0.2, 0) is 0 Å². The van der Waals surface area contributed by atoms with Crippen LogP contribution in [0.4, 0.5) is 11.5 Å². The van der Waals surface area contributed by atoms with E-state index in [1.807, 2.05) is 11.8 Å². The Morgan fingerprint density at radius 3 is 2.37 bits per heavy atom. The van der Waals surface area contributed by atoms with E-state index in [1.54, 1.807) is 31.3 Å². The smallest absolute Gasteiger partial charge is 0.162 e. The van der Waals surface area contributed by atoms with Crippen LogP contribution in [0.1, 0.15) is 49.1 Å². The average Bonchev–Trinajstić information content (AvgIpc) is 2.89. The number of ether oxygens (including phenoxy) is 2. The summed E-state index contributed by atoms with van der Waals surface area (Å²) < 4.78 is 11.7. The summed E-state index contributed by atoms with van der Waals surface area (Å²) in [5, 5.41) is 29.7. The molecule has 0 spiro atoms. The number of nitrogens with one attached hydrogen (secondary N) is 1. The number of β-amino-alcohol motifs (C(OH)–C–C–N with tert-alkyl or cyclic N) is 1. The van der Waals surface area contributed by atoms with Gasteiger partial charge in [0, 0.05) is 73.2 Å². The van der Waals surface area contributed by atoms with E-state index in [-0.39, 0.29) is 11.3 Å². The van der Waals surface area contributed by atoms with Gasteiger partial charge < -0.3 is 25.2 Å². The van der Waals surface area contributed by atoms with E-state index in [1.165, 1.54) is 19.5 Å². The lowest BCUT2D eigenvalue weighted by Crippen LogP contribution is -2.77. The fraction of sp³-hybridized carbons (Fsp3) is 0.379. The molecule has 2 aromatic heterocycles. The number of aromatic nitrogens is 2. The van der Waals surface area contributed by atoms with Gasteiger partial charge in [-0.05, 0) is 32.9 Å². The highest BCUT2D eigenvalue weighted by atomic mass is 35.5. The highest BCUT2D eigenvalue weighted by Crippen LogP contribution is 2.40. The molecule has 0 bridgehead atoms. The topological polar surface area (TPSA) is 145 Å². The summed E-state index contributed by atoms with van der Waals surface area (Å²) in [7, 11) is 1.50. The molecular formula is C29H31Cl2N7O3. The van der Waals surface area contributed by atoms with Gasteiger partial charge in [0.1, 0.15) is 18.0 Å². The number of aliphatic hydroxyl groups is 1. The molecule has 214 valence electrons. The molecule has 5 rings (SSSR count). The Kier molecular flexibility index (Phi) is 7.51. The molecule has 3 aromatic rings. The zero-order valence-corrected chi connectivity index (χ0v) is 24.7. The molecular weight excluding hydrogens is 565 g/mol. The first-order valence-electron chi connectivity index (χ1n) is 13.0. The largest absolute Gasteiger partial charge is 0.493 e. The number of hydrogen-bond donors (Lipinski definition) is 3. The van der Waals surface area contributed by atoms with Crippen LogP contribution in [0.5, 0.6) is 11.5 Å². The van der Waals surface area contributed by atoms with Crippen molar-refractivity contribution in [2.24, 2.45) is 0 Å². The number of anilines is 2. The molecule has 1 aromatic carbocycles. The van der Waals surface area contributed by atoms with Gasteiger partial charge in [0.25, 0.3) is 0 Å². The number of methoxy groups -OCH3 is 1. The van der Waals surface area contributed by atoms with Crippen molar-refractivity contribution < 1.29 is 14.6 Å². The number of likely N-dealkylation sites (tertiary alicyclic amines) is 1. The van der Waals surface area contributed by atoms with E-state index < -0.39 is 11.7 Å². The van der Waals surface area contributed by atoms with Gasteiger partial charge in [0.05, 0.1) is 39.6 Å². The SMILES string of the molecule is COc1cc(N)c(C(=N)c2cnc(N3CC(C)(N4CC(C)(O)C4)C3)c(C#N)c2)cc1O[C@H](C)c1c(Cl)cncc1Cl. The third kappa shape index (κ3) is 5.38. The Hall–Kier alpha value is -3.62. The summed E-state index contributed by atoms with van der Waals surface area (Å²) in [6.07, 6.45) is 3.99. The van der Waals surface area contributed by atoms with E-state index in [0.717, 1.165) is 0 Å². The second-order valence-electron chi connectivity index (χ2n) is 11.2. The Balaban J connectivity index is 1.38. The number of nitrogen functional groups attached to an aromatic ring is 1. The first kappa shape index (κ1) is 28.9. The van der Waals surface area contributed by atoms with Gasteiger partial charge in [-0.3, -0.25) is 15.3 Å². The Labute approximate surface area is 248 Å². The highest BCUT2D eigenvalue weighted by Gasteiger charge is 2.52. The first-order valence-corrected chi connectivity index (χ1v) is 13.8. The standard InChI is InChI=1S/C29H31Cl2N7O3/c1-16(25-20(30)10-35-11-21(25)31)41-24-6-19(22(33)7-23(24)40-4)26(34)18-5-17(8-32)27(36-9-18)37-12-28(2,13-37)38-14-29(3,39)15-38/h5-7,9-11,16,34,39H,12-15,33H2,1-4H3/t16-/m1/s1. The number of nitriles is 1. The summed E-state index contributed by atoms with van der Waals surface area (Å²) in [6, 6.07) is 7.09. The van der Waals surface area contributed by atoms with Crippen LogP contribution in [0.15, 0.2) is 36.8 Å². The molecule has 2 aliphatic rings. The molecule has 1 atom stereocenters. The minimum absolute atomic E-state index is 0.0782. The lowest BCUT2D eigenvalue weighted by Gasteiger charge is -2.61. The van der Waals surface area contributed by atoms with E-state index in [9.17, 15) is 10.4 Å². The lowest BCUT2D eigenvalue weighted by atomic mass is 9.82. The lowest BCUT2D eigenvalue weighted by molar-refractivity contribution is -0.134. The van der Waals surface area contributed by atoms with Gasteiger partial charge in [0.15, 0.2) is 11.5 Å². The molecule has 2 aliphatic heterocycles. The van der Waals surface area contributed by atoms with E-state index in [2.05, 4.69) is 27.9 Å². The maximum Gasteiger partial charge on any atom is 0.162 e. The van der Waals surface area contributed by atoms with Gasteiger partial charge in [-0.25, -0.2) is 4.98 Å². The molecule has 0 unspecified atom stereocenters. The van der Waals surface area contributed by atoms with Gasteiger partial charge in [-0.2, -0.15) is 5.26 Å². The normalized spacial score (nSPS) is 18.0. The zero-order valence-electron chi connectivity index (χ0n) is 23.2. The van der Waals surface area contributed by atoms with Crippen LogP contribution < -0.4 is 20.1 Å². The maximum atomic E-state index is 10.1. The molecule has 4 heterocycles. The summed E-state index contributed by atoms with van der Waals surface area (Å²) in [6.45, 7) is 8.42. The maximum absolute atomic E-state index is 10.1. The predicted molar refractivity (Wildman–Crippen MR) is 158 cm³/mol. The molecule has 10 nitrogen and oxygen atoms in total. The van der Waals surface area contributed by atoms with Crippen molar-refractivity contribution >= 4 is 40.4 Å². The number of halogens is 2. The molecule has 2 fully saturated rings. The van der Waals surface area contributed by atoms with Gasteiger partial charge in [-0.1, -0.05) is 23.2 Å². The molecule has 0 saturated carbocycles. The number of rotatable bonds is 8. The van der Waals surface area contributed by atoms with Crippen molar-refractivity contribution in [2.75, 3.05) is 43.9 Å². The molecule has 12 heteroatoms. The molecule has 2 saturated heterocycles. The number of pyridine rings is 2. The third-order valence-electron chi connectivity index (χ3n) is 7.67. The minimum Gasteiger partial charge on any atom is -0.493 e. The Bertz CT molecular complexity index is 1540. The summed E-state index contributed by atoms with van der Waals surface area (Å²) >= 11 is 12.6. The summed E-state index contributed by atoms with van der Waals surface area (Å²) in [5.74, 6) is 1.29. The average molecular weight is 597 g/mol. The van der Waals surface area contributed by atoms with Gasteiger partial charge in [0.2, 0.25) is 0 Å². The predicted octanol–water partition coefficient (Wildman–Crippen LogP) is 4.45. The molecule has 0 amide bonds. The zero-order chi connectivity index (χ0) is 29.7.